The number of benzene rings is 1. The van der Waals surface area contributed by atoms with Gasteiger partial charge in [0.25, 0.3) is 0 Å². The van der Waals surface area contributed by atoms with Gasteiger partial charge in [0.05, 0.1) is 19.3 Å². The molecule has 0 aromatic heterocycles. The number of carbonyl (C=O) groups is 1. The van der Waals surface area contributed by atoms with Crippen LogP contribution >= 0.6 is 0 Å². The van der Waals surface area contributed by atoms with Gasteiger partial charge in [0.1, 0.15) is 5.75 Å². The topological polar surface area (TPSA) is 66.0 Å². The Morgan fingerprint density at radius 2 is 1.96 bits per heavy atom. The maximum Gasteiger partial charge on any atom is 0.221 e. The van der Waals surface area contributed by atoms with E-state index in [2.05, 4.69) is 22.5 Å². The van der Waals surface area contributed by atoms with Gasteiger partial charge in [0, 0.05) is 26.6 Å². The van der Waals surface area contributed by atoms with Gasteiger partial charge in [-0.2, -0.15) is 0 Å². The van der Waals surface area contributed by atoms with Crippen molar-refractivity contribution in [3.05, 3.63) is 23.8 Å². The number of methoxy groups -OCH3 is 1. The number of likely N-dealkylation sites (tertiary alicyclic amines) is 1. The third kappa shape index (κ3) is 4.93. The Morgan fingerprint density at radius 3 is 2.56 bits per heavy atom. The van der Waals surface area contributed by atoms with Crippen LogP contribution in [0.25, 0.3) is 0 Å². The van der Waals surface area contributed by atoms with Crippen LogP contribution in [0.2, 0.25) is 0 Å². The molecule has 6 nitrogen and oxygen atoms in total. The van der Waals surface area contributed by atoms with Gasteiger partial charge in [-0.25, -0.2) is 4.99 Å². The number of amides is 1. The third-order valence-corrected chi connectivity index (χ3v) is 5.60. The van der Waals surface area contributed by atoms with Crippen molar-refractivity contribution in [2.75, 3.05) is 32.1 Å². The van der Waals surface area contributed by atoms with Crippen LogP contribution in [0.3, 0.4) is 0 Å². The van der Waals surface area contributed by atoms with E-state index in [0.717, 1.165) is 43.0 Å². The molecule has 0 spiro atoms. The highest BCUT2D eigenvalue weighted by Gasteiger charge is 2.35. The Hall–Kier alpha value is -2.24. The Kier molecular flexibility index (Phi) is 6.58. The van der Waals surface area contributed by atoms with E-state index in [1.54, 1.807) is 7.11 Å². The van der Waals surface area contributed by atoms with Gasteiger partial charge in [-0.1, -0.05) is 18.9 Å². The maximum absolute atomic E-state index is 11.4. The zero-order chi connectivity index (χ0) is 19.2. The second-order valence-electron chi connectivity index (χ2n) is 7.60. The first-order chi connectivity index (χ1) is 13.1. The van der Waals surface area contributed by atoms with Crippen molar-refractivity contribution in [3.8, 4) is 5.75 Å². The van der Waals surface area contributed by atoms with E-state index in [9.17, 15) is 4.79 Å². The van der Waals surface area contributed by atoms with Crippen molar-refractivity contribution in [2.24, 2.45) is 16.8 Å². The summed E-state index contributed by atoms with van der Waals surface area (Å²) in [4.78, 5) is 18.7. The molecule has 1 amide bonds. The highest BCUT2D eigenvalue weighted by atomic mass is 16.5. The standard InChI is InChI=1S/C21H32N4O2/c1-4-22-21(25-13-17-7-5-6-8-18(17)14-25)23-12-16-9-10-20(27-3)19(11-16)24-15(2)26/h9-11,17-18H,4-8,12-14H2,1-3H3,(H,22,23)(H,24,26). The van der Waals surface area contributed by atoms with Crippen molar-refractivity contribution in [1.82, 2.24) is 10.2 Å². The number of nitrogens with one attached hydrogen (secondary N) is 2. The van der Waals surface area contributed by atoms with Crippen LogP contribution in [0.15, 0.2) is 23.2 Å². The molecule has 2 atom stereocenters. The van der Waals surface area contributed by atoms with Gasteiger partial charge in [-0.3, -0.25) is 4.79 Å². The number of rotatable bonds is 5. The van der Waals surface area contributed by atoms with Crippen LogP contribution in [0, 0.1) is 11.8 Å². The van der Waals surface area contributed by atoms with Gasteiger partial charge in [-0.15, -0.1) is 0 Å². The monoisotopic (exact) mass is 372 g/mol. The number of carbonyl (C=O) groups excluding carboxylic acids is 1. The van der Waals surface area contributed by atoms with Gasteiger partial charge in [0.15, 0.2) is 5.96 Å². The number of anilines is 1. The van der Waals surface area contributed by atoms with Crippen LogP contribution in [0.5, 0.6) is 5.75 Å². The second kappa shape index (κ2) is 9.11. The molecule has 2 unspecified atom stereocenters. The summed E-state index contributed by atoms with van der Waals surface area (Å²) in [7, 11) is 1.61. The third-order valence-electron chi connectivity index (χ3n) is 5.60. The fourth-order valence-electron chi connectivity index (χ4n) is 4.31. The lowest BCUT2D eigenvalue weighted by Gasteiger charge is -2.22. The minimum absolute atomic E-state index is 0.109. The minimum Gasteiger partial charge on any atom is -0.495 e. The Balaban J connectivity index is 1.72. The van der Waals surface area contributed by atoms with E-state index in [-0.39, 0.29) is 5.91 Å². The average molecular weight is 373 g/mol. The molecule has 1 aromatic carbocycles. The molecule has 1 aliphatic heterocycles. The van der Waals surface area contributed by atoms with Crippen molar-refractivity contribution >= 4 is 17.6 Å². The predicted molar refractivity (Wildman–Crippen MR) is 109 cm³/mol. The second-order valence-corrected chi connectivity index (χ2v) is 7.60. The number of nitrogens with zero attached hydrogens (tertiary/aromatic N) is 2. The number of aliphatic imine (C=N–C) groups is 1. The molecule has 1 heterocycles. The number of guanidine groups is 1. The van der Waals surface area contributed by atoms with E-state index in [0.29, 0.717) is 18.0 Å². The van der Waals surface area contributed by atoms with Gasteiger partial charge < -0.3 is 20.3 Å². The fourth-order valence-corrected chi connectivity index (χ4v) is 4.31. The number of fused-ring (bicyclic) bond motifs is 1. The van der Waals surface area contributed by atoms with Crippen molar-refractivity contribution in [2.45, 2.75) is 46.1 Å². The summed E-state index contributed by atoms with van der Waals surface area (Å²) in [5.41, 5.74) is 1.74. The normalized spacial score (nSPS) is 22.3. The average Bonchev–Trinajstić information content (AvgIpc) is 3.09. The molecular weight excluding hydrogens is 340 g/mol. The molecule has 148 valence electrons. The summed E-state index contributed by atoms with van der Waals surface area (Å²) in [5.74, 6) is 3.21. The molecule has 1 saturated carbocycles. The van der Waals surface area contributed by atoms with Gasteiger partial charge in [0.2, 0.25) is 5.91 Å². The zero-order valence-electron chi connectivity index (χ0n) is 16.8. The predicted octanol–water partition coefficient (Wildman–Crippen LogP) is 3.24. The Labute approximate surface area is 162 Å². The quantitative estimate of drug-likeness (QED) is 0.615. The SMILES string of the molecule is CCNC(=NCc1ccc(OC)c(NC(C)=O)c1)N1CC2CCCCC2C1. The molecule has 2 N–H and O–H groups in total. The molecule has 1 aromatic rings. The number of hydrogen-bond donors (Lipinski definition) is 2. The highest BCUT2D eigenvalue weighted by Crippen LogP contribution is 2.36. The van der Waals surface area contributed by atoms with E-state index in [1.807, 2.05) is 18.2 Å². The van der Waals surface area contributed by atoms with Crippen molar-refractivity contribution in [1.29, 1.82) is 0 Å². The van der Waals surface area contributed by atoms with E-state index in [4.69, 9.17) is 9.73 Å². The first-order valence-electron chi connectivity index (χ1n) is 10.1. The van der Waals surface area contributed by atoms with E-state index < -0.39 is 0 Å². The first kappa shape index (κ1) is 19.5. The summed E-state index contributed by atoms with van der Waals surface area (Å²) in [5, 5.41) is 6.28. The van der Waals surface area contributed by atoms with E-state index in [1.165, 1.54) is 32.6 Å². The largest absolute Gasteiger partial charge is 0.495 e. The molecule has 2 aliphatic rings. The van der Waals surface area contributed by atoms with Crippen LogP contribution in [-0.4, -0.2) is 43.5 Å². The van der Waals surface area contributed by atoms with Crippen LogP contribution in [0.1, 0.15) is 45.1 Å². The smallest absolute Gasteiger partial charge is 0.221 e. The summed E-state index contributed by atoms with van der Waals surface area (Å²) in [6.45, 7) is 7.29. The zero-order valence-corrected chi connectivity index (χ0v) is 16.8. The lowest BCUT2D eigenvalue weighted by Crippen LogP contribution is -2.40. The summed E-state index contributed by atoms with van der Waals surface area (Å²) >= 11 is 0. The van der Waals surface area contributed by atoms with Crippen molar-refractivity contribution in [3.63, 3.8) is 0 Å². The molecule has 1 aliphatic carbocycles. The summed E-state index contributed by atoms with van der Waals surface area (Å²) in [6.07, 6.45) is 5.47. The number of hydrogen-bond acceptors (Lipinski definition) is 3. The lowest BCUT2D eigenvalue weighted by atomic mass is 9.82. The van der Waals surface area contributed by atoms with Gasteiger partial charge in [-0.05, 0) is 49.3 Å². The summed E-state index contributed by atoms with van der Waals surface area (Å²) in [6, 6.07) is 5.82. The van der Waals surface area contributed by atoms with Crippen LogP contribution in [0.4, 0.5) is 5.69 Å². The molecule has 27 heavy (non-hydrogen) atoms. The minimum atomic E-state index is -0.109. The van der Waals surface area contributed by atoms with Crippen LogP contribution < -0.4 is 15.4 Å². The first-order valence-corrected chi connectivity index (χ1v) is 10.1. The molecule has 3 rings (SSSR count). The molecule has 1 saturated heterocycles. The highest BCUT2D eigenvalue weighted by molar-refractivity contribution is 5.90. The molecule has 0 bridgehead atoms. The fraction of sp³-hybridized carbons (Fsp3) is 0.619. The lowest BCUT2D eigenvalue weighted by molar-refractivity contribution is -0.114. The molecule has 2 fully saturated rings. The maximum atomic E-state index is 11.4. The molecule has 0 radical (unpaired) electrons. The Morgan fingerprint density at radius 1 is 1.26 bits per heavy atom. The van der Waals surface area contributed by atoms with Crippen molar-refractivity contribution < 1.29 is 9.53 Å². The van der Waals surface area contributed by atoms with Gasteiger partial charge >= 0.3 is 0 Å². The number of ether oxygens (including phenoxy) is 1. The summed E-state index contributed by atoms with van der Waals surface area (Å²) < 4.78 is 5.33. The Bertz CT molecular complexity index is 675. The molecular formula is C21H32N4O2. The molecule has 6 heteroatoms. The van der Waals surface area contributed by atoms with Crippen LogP contribution in [-0.2, 0) is 11.3 Å². The van der Waals surface area contributed by atoms with E-state index >= 15 is 0 Å².